The van der Waals surface area contributed by atoms with Gasteiger partial charge in [-0.05, 0) is 18.6 Å². The van der Waals surface area contributed by atoms with E-state index < -0.39 is 11.9 Å². The summed E-state index contributed by atoms with van der Waals surface area (Å²) in [7, 11) is 0. The van der Waals surface area contributed by atoms with Gasteiger partial charge >= 0.3 is 6.18 Å². The van der Waals surface area contributed by atoms with Crippen LogP contribution in [0.5, 0.6) is 0 Å². The van der Waals surface area contributed by atoms with Crippen molar-refractivity contribution in [2.75, 3.05) is 19.6 Å². The number of hydrogen-bond donors (Lipinski definition) is 2. The Hall–Kier alpha value is -2.03. The van der Waals surface area contributed by atoms with E-state index in [0.29, 0.717) is 37.0 Å². The third-order valence-corrected chi connectivity index (χ3v) is 4.12. The summed E-state index contributed by atoms with van der Waals surface area (Å²) >= 11 is 1.02. The molecule has 0 fully saturated rings. The summed E-state index contributed by atoms with van der Waals surface area (Å²) in [6.07, 6.45) is -0.717. The van der Waals surface area contributed by atoms with Crippen LogP contribution in [0.25, 0.3) is 0 Å². The maximum atomic E-state index is 12.5. The topological polar surface area (TPSA) is 62.5 Å². The highest BCUT2D eigenvalue weighted by Gasteiger charge is 2.33. The molecule has 0 radical (unpaired) electrons. The lowest BCUT2D eigenvalue weighted by atomic mass is 10.3. The molecular formula is C16H21F3N4OS. The first kappa shape index (κ1) is 19.3. The van der Waals surface area contributed by atoms with Gasteiger partial charge in [-0.2, -0.15) is 13.2 Å². The average molecular weight is 374 g/mol. The molecule has 0 saturated carbocycles. The minimum Gasteiger partial charge on any atom is -0.469 e. The molecule has 0 unspecified atom stereocenters. The smallest absolute Gasteiger partial charge is 0.434 e. The van der Waals surface area contributed by atoms with Crippen LogP contribution >= 0.6 is 11.3 Å². The highest BCUT2D eigenvalue weighted by Crippen LogP contribution is 2.29. The fourth-order valence-electron chi connectivity index (χ4n) is 2.00. The summed E-state index contributed by atoms with van der Waals surface area (Å²) in [5.41, 5.74) is -0.830. The van der Waals surface area contributed by atoms with Crippen LogP contribution < -0.4 is 10.6 Å². The first-order valence-corrected chi connectivity index (χ1v) is 8.93. The Morgan fingerprint density at radius 3 is 2.64 bits per heavy atom. The minimum atomic E-state index is -4.39. The summed E-state index contributed by atoms with van der Waals surface area (Å²) in [6, 6.07) is 3.74. The number of guanidine groups is 1. The molecule has 2 aromatic rings. The highest BCUT2D eigenvalue weighted by atomic mass is 32.1. The number of furan rings is 1. The maximum Gasteiger partial charge on any atom is 0.434 e. The normalized spacial score (nSPS) is 12.4. The number of hydrogen-bond acceptors (Lipinski definition) is 4. The second kappa shape index (κ2) is 9.45. The van der Waals surface area contributed by atoms with E-state index >= 15 is 0 Å². The molecule has 0 aliphatic carbocycles. The zero-order chi connectivity index (χ0) is 18.1. The van der Waals surface area contributed by atoms with Gasteiger partial charge in [0, 0.05) is 37.9 Å². The Kier molecular flexibility index (Phi) is 7.30. The Labute approximate surface area is 148 Å². The average Bonchev–Trinajstić information content (AvgIpc) is 3.23. The summed E-state index contributed by atoms with van der Waals surface area (Å²) < 4.78 is 42.9. The van der Waals surface area contributed by atoms with Crippen LogP contribution in [-0.2, 0) is 19.0 Å². The van der Waals surface area contributed by atoms with Gasteiger partial charge in [-0.15, -0.1) is 11.3 Å². The summed E-state index contributed by atoms with van der Waals surface area (Å²) in [4.78, 5) is 8.02. The molecule has 0 aliphatic heterocycles. The van der Waals surface area contributed by atoms with Crippen molar-refractivity contribution in [3.8, 4) is 0 Å². The van der Waals surface area contributed by atoms with E-state index in [0.717, 1.165) is 35.3 Å². The van der Waals surface area contributed by atoms with Gasteiger partial charge in [-0.25, -0.2) is 4.98 Å². The largest absolute Gasteiger partial charge is 0.469 e. The van der Waals surface area contributed by atoms with Gasteiger partial charge in [-0.1, -0.05) is 6.92 Å². The SMILES string of the molecule is CCCN=C(NCCc1ccco1)NCCc1nc(C(F)(F)F)cs1. The molecule has 9 heteroatoms. The quantitative estimate of drug-likeness (QED) is 0.549. The molecule has 0 aromatic carbocycles. The standard InChI is InChI=1S/C16H21F3N4OS/c1-2-7-20-15(21-8-5-12-4-3-10-24-12)22-9-6-14-23-13(11-25-14)16(17,18)19/h3-4,10-11H,2,5-9H2,1H3,(H2,20,21,22). The van der Waals surface area contributed by atoms with E-state index in [1.165, 1.54) is 0 Å². The number of alkyl halides is 3. The van der Waals surface area contributed by atoms with E-state index in [2.05, 4.69) is 20.6 Å². The monoisotopic (exact) mass is 374 g/mol. The van der Waals surface area contributed by atoms with Crippen molar-refractivity contribution in [3.63, 3.8) is 0 Å². The van der Waals surface area contributed by atoms with Crippen LogP contribution in [0.4, 0.5) is 13.2 Å². The molecule has 5 nitrogen and oxygen atoms in total. The number of thiazole rings is 1. The number of nitrogens with zero attached hydrogens (tertiary/aromatic N) is 2. The molecule has 2 N–H and O–H groups in total. The van der Waals surface area contributed by atoms with Crippen LogP contribution in [0.2, 0.25) is 0 Å². The van der Waals surface area contributed by atoms with Crippen molar-refractivity contribution in [1.82, 2.24) is 15.6 Å². The fraction of sp³-hybridized carbons (Fsp3) is 0.500. The van der Waals surface area contributed by atoms with Gasteiger partial charge in [-0.3, -0.25) is 4.99 Å². The van der Waals surface area contributed by atoms with Crippen molar-refractivity contribution in [2.24, 2.45) is 4.99 Å². The molecule has 138 valence electrons. The maximum absolute atomic E-state index is 12.5. The zero-order valence-corrected chi connectivity index (χ0v) is 14.7. The van der Waals surface area contributed by atoms with Crippen LogP contribution in [0.3, 0.4) is 0 Å². The highest BCUT2D eigenvalue weighted by molar-refractivity contribution is 7.09. The van der Waals surface area contributed by atoms with Crippen LogP contribution in [0.15, 0.2) is 33.2 Å². The molecule has 0 atom stereocenters. The number of nitrogens with one attached hydrogen (secondary N) is 2. The first-order valence-electron chi connectivity index (χ1n) is 8.05. The van der Waals surface area contributed by atoms with E-state index in [-0.39, 0.29) is 0 Å². The van der Waals surface area contributed by atoms with Gasteiger partial charge in [0.15, 0.2) is 11.7 Å². The number of rotatable bonds is 8. The molecule has 0 amide bonds. The third kappa shape index (κ3) is 6.77. The van der Waals surface area contributed by atoms with Gasteiger partial charge in [0.25, 0.3) is 0 Å². The lowest BCUT2D eigenvalue weighted by molar-refractivity contribution is -0.140. The van der Waals surface area contributed by atoms with Crippen LogP contribution in [-0.4, -0.2) is 30.6 Å². The Morgan fingerprint density at radius 2 is 2.04 bits per heavy atom. The molecule has 25 heavy (non-hydrogen) atoms. The van der Waals surface area contributed by atoms with E-state index in [1.54, 1.807) is 6.26 Å². The van der Waals surface area contributed by atoms with Gasteiger partial charge < -0.3 is 15.1 Å². The van der Waals surface area contributed by atoms with Gasteiger partial charge in [0.2, 0.25) is 0 Å². The molecule has 0 aliphatic rings. The summed E-state index contributed by atoms with van der Waals surface area (Å²) in [5, 5.41) is 7.81. The van der Waals surface area contributed by atoms with E-state index in [4.69, 9.17) is 4.42 Å². The van der Waals surface area contributed by atoms with Crippen LogP contribution in [0, 0.1) is 0 Å². The number of aromatic nitrogens is 1. The number of halogens is 3. The molecule has 0 saturated heterocycles. The summed E-state index contributed by atoms with van der Waals surface area (Å²) in [6.45, 7) is 3.81. The molecule has 2 rings (SSSR count). The molecule has 2 heterocycles. The van der Waals surface area contributed by atoms with E-state index in [9.17, 15) is 13.2 Å². The predicted octanol–water partition coefficient (Wildman–Crippen LogP) is 3.49. The van der Waals surface area contributed by atoms with Crippen molar-refractivity contribution in [2.45, 2.75) is 32.4 Å². The lowest BCUT2D eigenvalue weighted by Gasteiger charge is -2.11. The second-order valence-electron chi connectivity index (χ2n) is 5.29. The van der Waals surface area contributed by atoms with Crippen molar-refractivity contribution in [1.29, 1.82) is 0 Å². The first-order chi connectivity index (χ1) is 12.0. The fourth-order valence-corrected chi connectivity index (χ4v) is 2.81. The zero-order valence-electron chi connectivity index (χ0n) is 13.9. The minimum absolute atomic E-state index is 0.408. The summed E-state index contributed by atoms with van der Waals surface area (Å²) in [5.74, 6) is 1.52. The Balaban J connectivity index is 1.78. The molecular weight excluding hydrogens is 353 g/mol. The lowest BCUT2D eigenvalue weighted by Crippen LogP contribution is -2.39. The molecule has 0 bridgehead atoms. The predicted molar refractivity (Wildman–Crippen MR) is 91.8 cm³/mol. The van der Waals surface area contributed by atoms with Gasteiger partial charge in [0.05, 0.1) is 11.3 Å². The van der Waals surface area contributed by atoms with E-state index in [1.807, 2.05) is 19.1 Å². The molecule has 2 aromatic heterocycles. The Morgan fingerprint density at radius 1 is 1.28 bits per heavy atom. The second-order valence-corrected chi connectivity index (χ2v) is 6.23. The van der Waals surface area contributed by atoms with Crippen LogP contribution in [0.1, 0.15) is 29.8 Å². The third-order valence-electron chi connectivity index (χ3n) is 3.21. The number of aliphatic imine (C=N–C) groups is 1. The van der Waals surface area contributed by atoms with Crippen molar-refractivity contribution in [3.05, 3.63) is 40.2 Å². The molecule has 0 spiro atoms. The Bertz CT molecular complexity index is 653. The van der Waals surface area contributed by atoms with Gasteiger partial charge in [0.1, 0.15) is 5.76 Å². The van der Waals surface area contributed by atoms with Crippen molar-refractivity contribution >= 4 is 17.3 Å². The van der Waals surface area contributed by atoms with Crippen molar-refractivity contribution < 1.29 is 17.6 Å².